The molecule has 7 heteroatoms. The Bertz CT molecular complexity index is 1130. The smallest absolute Gasteiger partial charge is 0.310 e. The molecule has 0 atom stereocenters. The lowest BCUT2D eigenvalue weighted by Crippen LogP contribution is -2.41. The van der Waals surface area contributed by atoms with Crippen molar-refractivity contribution >= 4 is 28.6 Å². The zero-order valence-corrected chi connectivity index (χ0v) is 16.3. The number of amides is 1. The third kappa shape index (κ3) is 3.37. The van der Waals surface area contributed by atoms with Crippen molar-refractivity contribution in [3.05, 3.63) is 47.8 Å². The summed E-state index contributed by atoms with van der Waals surface area (Å²) >= 11 is 0. The van der Waals surface area contributed by atoms with Gasteiger partial charge in [-0.1, -0.05) is 18.6 Å². The van der Waals surface area contributed by atoms with Gasteiger partial charge in [-0.25, -0.2) is 9.37 Å². The van der Waals surface area contributed by atoms with Gasteiger partial charge in [-0.2, -0.15) is 0 Å². The first kappa shape index (κ1) is 19.1. The van der Waals surface area contributed by atoms with E-state index in [4.69, 9.17) is 0 Å². The number of halogens is 1. The van der Waals surface area contributed by atoms with Crippen LogP contribution in [0.5, 0.6) is 0 Å². The second-order valence-corrected chi connectivity index (χ2v) is 7.82. The summed E-state index contributed by atoms with van der Waals surface area (Å²) in [4.78, 5) is 28.6. The number of carboxylic acid groups (broad SMARTS) is 1. The molecular formula is C22H22FN3O3. The number of imidazole rings is 1. The van der Waals surface area contributed by atoms with E-state index >= 15 is 0 Å². The van der Waals surface area contributed by atoms with Crippen LogP contribution >= 0.6 is 0 Å². The third-order valence-corrected chi connectivity index (χ3v) is 5.88. The molecule has 1 aliphatic carbocycles. The number of hydrogen-bond donors (Lipinski definition) is 2. The summed E-state index contributed by atoms with van der Waals surface area (Å²) in [7, 11) is 1.86. The number of nitrogens with one attached hydrogen (secondary N) is 1. The molecule has 0 spiro atoms. The molecule has 2 aromatic carbocycles. The Morgan fingerprint density at radius 1 is 1.24 bits per heavy atom. The molecule has 1 heterocycles. The highest BCUT2D eigenvalue weighted by molar-refractivity contribution is 5.95. The van der Waals surface area contributed by atoms with Gasteiger partial charge in [-0.05, 0) is 43.5 Å². The lowest BCUT2D eigenvalue weighted by Gasteiger charge is -2.36. The number of anilines is 1. The number of aliphatic carboxylic acids is 1. The Labute approximate surface area is 167 Å². The van der Waals surface area contributed by atoms with Gasteiger partial charge in [-0.3, -0.25) is 9.59 Å². The first-order valence-electron chi connectivity index (χ1n) is 9.55. The van der Waals surface area contributed by atoms with E-state index in [0.29, 0.717) is 29.9 Å². The van der Waals surface area contributed by atoms with E-state index in [9.17, 15) is 19.1 Å². The minimum Gasteiger partial charge on any atom is -0.481 e. The van der Waals surface area contributed by atoms with E-state index in [1.54, 1.807) is 6.07 Å². The second-order valence-electron chi connectivity index (χ2n) is 7.82. The van der Waals surface area contributed by atoms with Crippen molar-refractivity contribution in [1.29, 1.82) is 0 Å². The fourth-order valence-corrected chi connectivity index (χ4v) is 3.90. The molecule has 0 bridgehead atoms. The highest BCUT2D eigenvalue weighted by atomic mass is 19.1. The number of carbonyl (C=O) groups excluding carboxylic acids is 1. The van der Waals surface area contributed by atoms with Crippen LogP contribution in [0.15, 0.2) is 36.4 Å². The molecule has 0 unspecified atom stereocenters. The number of carboxylic acids is 1. The van der Waals surface area contributed by atoms with Gasteiger partial charge in [0.15, 0.2) is 0 Å². The second kappa shape index (κ2) is 6.99. The quantitative estimate of drug-likeness (QED) is 0.676. The molecule has 1 aromatic heterocycles. The highest BCUT2D eigenvalue weighted by Crippen LogP contribution is 2.44. The van der Waals surface area contributed by atoms with Gasteiger partial charge in [0.2, 0.25) is 5.91 Å². The van der Waals surface area contributed by atoms with Gasteiger partial charge < -0.3 is 15.0 Å². The Kier molecular flexibility index (Phi) is 4.61. The normalized spacial score (nSPS) is 15.1. The molecule has 1 aliphatic rings. The number of rotatable bonds is 5. The predicted molar refractivity (Wildman–Crippen MR) is 108 cm³/mol. The Hall–Kier alpha value is -3.22. The van der Waals surface area contributed by atoms with Crippen LogP contribution in [0, 0.1) is 18.2 Å². The van der Waals surface area contributed by atoms with Crippen LogP contribution in [-0.2, 0) is 16.6 Å². The molecule has 0 saturated heterocycles. The van der Waals surface area contributed by atoms with Gasteiger partial charge in [0, 0.05) is 30.8 Å². The van der Waals surface area contributed by atoms with Crippen molar-refractivity contribution in [2.45, 2.75) is 32.6 Å². The number of fused-ring (bicyclic) bond motifs is 1. The summed E-state index contributed by atoms with van der Waals surface area (Å²) in [6, 6.07) is 10.1. The Morgan fingerprint density at radius 3 is 2.66 bits per heavy atom. The van der Waals surface area contributed by atoms with Crippen LogP contribution in [0.25, 0.3) is 22.4 Å². The van der Waals surface area contributed by atoms with E-state index in [2.05, 4.69) is 10.3 Å². The first-order chi connectivity index (χ1) is 13.8. The zero-order chi connectivity index (χ0) is 20.8. The van der Waals surface area contributed by atoms with Crippen LogP contribution in [0.1, 0.15) is 31.2 Å². The number of benzene rings is 2. The van der Waals surface area contributed by atoms with Gasteiger partial charge >= 0.3 is 5.97 Å². The Balaban J connectivity index is 1.62. The van der Waals surface area contributed by atoms with E-state index in [1.807, 2.05) is 36.7 Å². The highest BCUT2D eigenvalue weighted by Gasteiger charge is 2.45. The van der Waals surface area contributed by atoms with E-state index in [0.717, 1.165) is 23.1 Å². The molecule has 1 saturated carbocycles. The van der Waals surface area contributed by atoms with Crippen molar-refractivity contribution < 1.29 is 19.1 Å². The van der Waals surface area contributed by atoms with E-state index in [1.165, 1.54) is 12.1 Å². The minimum atomic E-state index is -0.933. The maximum absolute atomic E-state index is 13.5. The number of carbonyl (C=O) groups is 2. The molecule has 150 valence electrons. The summed E-state index contributed by atoms with van der Waals surface area (Å²) in [6.07, 6.45) is 1.87. The maximum Gasteiger partial charge on any atom is 0.310 e. The molecular weight excluding hydrogens is 373 g/mol. The number of aromatic nitrogens is 2. The fourth-order valence-electron chi connectivity index (χ4n) is 3.90. The van der Waals surface area contributed by atoms with Crippen LogP contribution in [0.2, 0.25) is 0 Å². The summed E-state index contributed by atoms with van der Waals surface area (Å²) < 4.78 is 15.4. The largest absolute Gasteiger partial charge is 0.481 e. The average molecular weight is 395 g/mol. The molecule has 1 fully saturated rings. The van der Waals surface area contributed by atoms with Crippen LogP contribution < -0.4 is 5.32 Å². The summed E-state index contributed by atoms with van der Waals surface area (Å²) in [5.41, 5.74) is 2.69. The van der Waals surface area contributed by atoms with Crippen LogP contribution in [0.3, 0.4) is 0 Å². The Morgan fingerprint density at radius 2 is 2.00 bits per heavy atom. The van der Waals surface area contributed by atoms with E-state index in [-0.39, 0.29) is 18.1 Å². The van der Waals surface area contributed by atoms with Crippen molar-refractivity contribution in [2.75, 3.05) is 5.32 Å². The van der Waals surface area contributed by atoms with Crippen molar-refractivity contribution in [3.8, 4) is 11.4 Å². The first-order valence-corrected chi connectivity index (χ1v) is 9.55. The van der Waals surface area contributed by atoms with Gasteiger partial charge in [0.05, 0.1) is 16.4 Å². The summed E-state index contributed by atoms with van der Waals surface area (Å²) in [5.74, 6) is -0.903. The van der Waals surface area contributed by atoms with E-state index < -0.39 is 11.4 Å². The summed E-state index contributed by atoms with van der Waals surface area (Å²) in [5, 5.41) is 12.3. The van der Waals surface area contributed by atoms with Crippen molar-refractivity contribution in [3.63, 3.8) is 0 Å². The molecule has 3 aromatic rings. The molecule has 0 radical (unpaired) electrons. The van der Waals surface area contributed by atoms with Crippen molar-refractivity contribution in [1.82, 2.24) is 9.55 Å². The van der Waals surface area contributed by atoms with Gasteiger partial charge in [0.1, 0.15) is 11.6 Å². The molecule has 4 rings (SSSR count). The van der Waals surface area contributed by atoms with Crippen molar-refractivity contribution in [2.24, 2.45) is 12.5 Å². The summed E-state index contributed by atoms with van der Waals surface area (Å²) in [6.45, 7) is 1.88. The van der Waals surface area contributed by atoms with Gasteiger partial charge in [-0.15, -0.1) is 0 Å². The predicted octanol–water partition coefficient (Wildman–Crippen LogP) is 4.27. The average Bonchev–Trinajstić information content (AvgIpc) is 2.95. The van der Waals surface area contributed by atoms with Crippen LogP contribution in [-0.4, -0.2) is 26.5 Å². The number of hydrogen-bond acceptors (Lipinski definition) is 3. The molecule has 1 amide bonds. The van der Waals surface area contributed by atoms with Gasteiger partial charge in [0.25, 0.3) is 0 Å². The SMILES string of the molecule is Cc1ccc(-c2nc3cc(F)ccc3n2C)cc1NC(=O)CC1(C(=O)O)CCC1. The standard InChI is InChI=1S/C22H22FN3O3/c1-13-4-5-14(20-25-17-11-15(23)6-7-18(17)26(20)2)10-16(13)24-19(27)12-22(21(28)29)8-3-9-22/h4-7,10-11H,3,8-9,12H2,1-2H3,(H,24,27)(H,28,29). The fraction of sp³-hybridized carbons (Fsp3) is 0.318. The monoisotopic (exact) mass is 395 g/mol. The number of aryl methyl sites for hydroxylation is 2. The third-order valence-electron chi connectivity index (χ3n) is 5.88. The van der Waals surface area contributed by atoms with Crippen LogP contribution in [0.4, 0.5) is 10.1 Å². The topological polar surface area (TPSA) is 84.2 Å². The molecule has 29 heavy (non-hydrogen) atoms. The molecule has 2 N–H and O–H groups in total. The number of nitrogens with zero attached hydrogens (tertiary/aromatic N) is 2. The lowest BCUT2D eigenvalue weighted by atomic mass is 9.66. The zero-order valence-electron chi connectivity index (χ0n) is 16.3. The maximum atomic E-state index is 13.5. The minimum absolute atomic E-state index is 0.0302. The molecule has 6 nitrogen and oxygen atoms in total. The lowest BCUT2D eigenvalue weighted by molar-refractivity contribution is -0.157. The molecule has 0 aliphatic heterocycles.